The zero-order chi connectivity index (χ0) is 15.3. The first-order valence-electron chi connectivity index (χ1n) is 6.28. The molecule has 1 heterocycles. The van der Waals surface area contributed by atoms with E-state index in [0.29, 0.717) is 5.69 Å². The number of hydrogen-bond acceptors (Lipinski definition) is 5. The minimum absolute atomic E-state index is 0.0309. The average Bonchev–Trinajstić information content (AvgIpc) is 2.39. The number of aromatic nitrogens is 2. The second-order valence-corrected chi connectivity index (χ2v) is 4.59. The van der Waals surface area contributed by atoms with E-state index in [1.807, 2.05) is 13.8 Å². The molecule has 1 amide bonds. The highest BCUT2D eigenvalue weighted by Crippen LogP contribution is 2.04. The van der Waals surface area contributed by atoms with Crippen LogP contribution in [-0.2, 0) is 4.79 Å². The van der Waals surface area contributed by atoms with Gasteiger partial charge in [-0.2, -0.15) is 5.10 Å². The lowest BCUT2D eigenvalue weighted by atomic mass is 10.00. The van der Waals surface area contributed by atoms with E-state index in [1.165, 1.54) is 6.21 Å². The Kier molecular flexibility index (Phi) is 5.39. The van der Waals surface area contributed by atoms with Gasteiger partial charge in [-0.3, -0.25) is 14.6 Å². The number of carbonyl (C=O) groups is 1. The number of amides is 1. The van der Waals surface area contributed by atoms with E-state index in [9.17, 15) is 14.4 Å². The molecule has 0 fully saturated rings. The van der Waals surface area contributed by atoms with Gasteiger partial charge in [0.05, 0.1) is 17.8 Å². The molecule has 0 aliphatic carbocycles. The molecule has 1 unspecified atom stereocenters. The van der Waals surface area contributed by atoms with Crippen LogP contribution in [0.4, 0.5) is 0 Å². The van der Waals surface area contributed by atoms with Crippen LogP contribution in [0.5, 0.6) is 0 Å². The van der Waals surface area contributed by atoms with Crippen LogP contribution >= 0.6 is 0 Å². The summed E-state index contributed by atoms with van der Waals surface area (Å²) >= 11 is 0. The van der Waals surface area contributed by atoms with E-state index in [-0.39, 0.29) is 11.5 Å². The van der Waals surface area contributed by atoms with Crippen LogP contribution < -0.4 is 22.4 Å². The highest BCUT2D eigenvalue weighted by Gasteiger charge is 2.18. The number of aryl methyl sites for hydroxylation is 1. The summed E-state index contributed by atoms with van der Waals surface area (Å²) in [7, 11) is 0. The molecule has 0 saturated heterocycles. The Labute approximate surface area is 115 Å². The molecule has 0 radical (unpaired) electrons. The minimum atomic E-state index is -0.660. The number of hydrazone groups is 1. The van der Waals surface area contributed by atoms with Gasteiger partial charge in [0.1, 0.15) is 0 Å². The van der Waals surface area contributed by atoms with E-state index in [2.05, 4.69) is 20.5 Å². The van der Waals surface area contributed by atoms with Crippen molar-refractivity contribution in [1.82, 2.24) is 15.4 Å². The van der Waals surface area contributed by atoms with Crippen molar-refractivity contribution in [3.05, 3.63) is 32.1 Å². The fourth-order valence-electron chi connectivity index (χ4n) is 1.51. The smallest absolute Gasteiger partial charge is 0.320 e. The topological polar surface area (TPSA) is 133 Å². The Morgan fingerprint density at radius 3 is 2.65 bits per heavy atom. The maximum absolute atomic E-state index is 11.7. The largest absolute Gasteiger partial charge is 0.325 e. The van der Waals surface area contributed by atoms with Crippen LogP contribution in [-0.4, -0.2) is 28.1 Å². The molecule has 0 aliphatic rings. The van der Waals surface area contributed by atoms with Crippen LogP contribution in [0.25, 0.3) is 0 Å². The molecule has 0 aromatic carbocycles. The number of rotatable bonds is 5. The van der Waals surface area contributed by atoms with Crippen molar-refractivity contribution in [3.8, 4) is 0 Å². The van der Waals surface area contributed by atoms with Crippen LogP contribution in [0.3, 0.4) is 0 Å². The number of aromatic amines is 2. The predicted molar refractivity (Wildman–Crippen MR) is 75.6 cm³/mol. The van der Waals surface area contributed by atoms with Gasteiger partial charge in [0.2, 0.25) is 0 Å². The number of nitrogens with zero attached hydrogens (tertiary/aromatic N) is 1. The van der Waals surface area contributed by atoms with Gasteiger partial charge in [0, 0.05) is 5.69 Å². The van der Waals surface area contributed by atoms with Gasteiger partial charge in [-0.1, -0.05) is 20.3 Å². The van der Waals surface area contributed by atoms with Crippen LogP contribution in [0.2, 0.25) is 0 Å². The molecule has 8 heteroatoms. The minimum Gasteiger partial charge on any atom is -0.320 e. The van der Waals surface area contributed by atoms with Crippen molar-refractivity contribution >= 4 is 12.1 Å². The van der Waals surface area contributed by atoms with Crippen molar-refractivity contribution < 1.29 is 4.79 Å². The van der Waals surface area contributed by atoms with Crippen LogP contribution in [0.1, 0.15) is 31.5 Å². The standard InChI is InChI=1S/C12H19N5O3/c1-4-6(2)9(13)11(19)17-14-5-8-7(3)15-12(20)16-10(8)18/h5-6,9H,4,13H2,1-3H3,(H,17,19)(H2,15,16,18,20)/b14-5+/t6?,9-/m0/s1. The molecule has 1 rings (SSSR count). The third-order valence-corrected chi connectivity index (χ3v) is 3.10. The maximum atomic E-state index is 11.7. The summed E-state index contributed by atoms with van der Waals surface area (Å²) in [6.45, 7) is 5.36. The molecule has 110 valence electrons. The first-order valence-corrected chi connectivity index (χ1v) is 6.28. The maximum Gasteiger partial charge on any atom is 0.325 e. The molecule has 0 saturated carbocycles. The van der Waals surface area contributed by atoms with E-state index >= 15 is 0 Å². The van der Waals surface area contributed by atoms with E-state index in [1.54, 1.807) is 6.92 Å². The third-order valence-electron chi connectivity index (χ3n) is 3.10. The number of H-pyrrole nitrogens is 2. The highest BCUT2D eigenvalue weighted by atomic mass is 16.2. The Morgan fingerprint density at radius 1 is 1.45 bits per heavy atom. The predicted octanol–water partition coefficient (Wildman–Crippen LogP) is -0.805. The van der Waals surface area contributed by atoms with E-state index < -0.39 is 23.2 Å². The van der Waals surface area contributed by atoms with Crippen molar-refractivity contribution in [2.45, 2.75) is 33.2 Å². The van der Waals surface area contributed by atoms with E-state index in [0.717, 1.165) is 6.42 Å². The lowest BCUT2D eigenvalue weighted by molar-refractivity contribution is -0.123. The summed E-state index contributed by atoms with van der Waals surface area (Å²) in [5.74, 6) is -0.391. The second-order valence-electron chi connectivity index (χ2n) is 4.59. The van der Waals surface area contributed by atoms with E-state index in [4.69, 9.17) is 5.73 Å². The molecule has 5 N–H and O–H groups in total. The molecular formula is C12H19N5O3. The lowest BCUT2D eigenvalue weighted by Crippen LogP contribution is -2.42. The van der Waals surface area contributed by atoms with Gasteiger partial charge in [-0.05, 0) is 12.8 Å². The molecule has 0 spiro atoms. The number of nitrogens with two attached hydrogens (primary N) is 1. The normalized spacial score (nSPS) is 14.2. The molecule has 1 aromatic heterocycles. The summed E-state index contributed by atoms with van der Waals surface area (Å²) in [6, 6.07) is -0.660. The third kappa shape index (κ3) is 3.89. The fraction of sp³-hybridized carbons (Fsp3) is 0.500. The average molecular weight is 281 g/mol. The number of nitrogens with one attached hydrogen (secondary N) is 3. The van der Waals surface area contributed by atoms with Gasteiger partial charge in [-0.15, -0.1) is 0 Å². The Hall–Kier alpha value is -2.22. The number of carbonyl (C=O) groups excluding carboxylic acids is 1. The first kappa shape index (κ1) is 15.8. The summed E-state index contributed by atoms with van der Waals surface area (Å²) in [6.07, 6.45) is 1.95. The van der Waals surface area contributed by atoms with Gasteiger partial charge in [0.25, 0.3) is 11.5 Å². The Bertz CT molecular complexity index is 616. The van der Waals surface area contributed by atoms with Crippen LogP contribution in [0.15, 0.2) is 14.7 Å². The van der Waals surface area contributed by atoms with Gasteiger partial charge in [0.15, 0.2) is 0 Å². The molecule has 0 aliphatic heterocycles. The molecule has 2 atom stereocenters. The van der Waals surface area contributed by atoms with Crippen LogP contribution in [0, 0.1) is 12.8 Å². The summed E-state index contributed by atoms with van der Waals surface area (Å²) in [4.78, 5) is 38.7. The Morgan fingerprint density at radius 2 is 2.10 bits per heavy atom. The number of hydrogen-bond donors (Lipinski definition) is 4. The van der Waals surface area contributed by atoms with Gasteiger partial charge < -0.3 is 10.7 Å². The lowest BCUT2D eigenvalue weighted by Gasteiger charge is -2.15. The van der Waals surface area contributed by atoms with Crippen molar-refractivity contribution in [2.24, 2.45) is 16.8 Å². The summed E-state index contributed by atoms with van der Waals surface area (Å²) in [5.41, 5.74) is 7.37. The van der Waals surface area contributed by atoms with Crippen molar-refractivity contribution in [1.29, 1.82) is 0 Å². The Balaban J connectivity index is 2.78. The molecule has 20 heavy (non-hydrogen) atoms. The monoisotopic (exact) mass is 281 g/mol. The van der Waals surface area contributed by atoms with Crippen molar-refractivity contribution in [3.63, 3.8) is 0 Å². The van der Waals surface area contributed by atoms with Crippen molar-refractivity contribution in [2.75, 3.05) is 0 Å². The quantitative estimate of drug-likeness (QED) is 0.415. The summed E-state index contributed by atoms with van der Waals surface area (Å²) < 4.78 is 0. The summed E-state index contributed by atoms with van der Waals surface area (Å²) in [5, 5.41) is 3.68. The zero-order valence-corrected chi connectivity index (χ0v) is 11.7. The zero-order valence-electron chi connectivity index (χ0n) is 11.7. The molecule has 1 aromatic rings. The SMILES string of the molecule is CCC(C)[C@H](N)C(=O)N/N=C/c1c(C)[nH]c(=O)[nH]c1=O. The highest BCUT2D eigenvalue weighted by molar-refractivity contribution is 5.85. The van der Waals surface area contributed by atoms with Gasteiger partial charge in [-0.25, -0.2) is 10.2 Å². The first-order chi connectivity index (χ1) is 9.36. The fourth-order valence-corrected chi connectivity index (χ4v) is 1.51. The second kappa shape index (κ2) is 6.80. The molecular weight excluding hydrogens is 262 g/mol. The van der Waals surface area contributed by atoms with Gasteiger partial charge >= 0.3 is 5.69 Å². The molecule has 8 nitrogen and oxygen atoms in total. The molecule has 0 bridgehead atoms.